The Balaban J connectivity index is 2.82. The molecule has 0 spiro atoms. The minimum absolute atomic E-state index is 0.693. The van der Waals surface area contributed by atoms with Crippen molar-refractivity contribution >= 4 is 44.3 Å². The minimum Gasteiger partial charge on any atom is -0.308 e. The number of hydrazine groups is 1. The van der Waals surface area contributed by atoms with Crippen LogP contribution >= 0.6 is 27.5 Å². The lowest BCUT2D eigenvalue weighted by atomic mass is 10.1. The number of halogens is 2. The van der Waals surface area contributed by atoms with Gasteiger partial charge in [0.2, 0.25) is 0 Å². The molecule has 84 valence electrons. The number of rotatable bonds is 2. The maximum Gasteiger partial charge on any atom is 0.143 e. The summed E-state index contributed by atoms with van der Waals surface area (Å²) in [6.45, 7) is 2.05. The van der Waals surface area contributed by atoms with Crippen LogP contribution in [-0.4, -0.2) is 4.98 Å². The number of hydrogen-bond acceptors (Lipinski definition) is 3. The second-order valence-corrected chi connectivity index (χ2v) is 4.68. The third-order valence-corrected chi connectivity index (χ3v) is 3.45. The predicted octanol–water partition coefficient (Wildman–Crippen LogP) is 3.50. The Labute approximate surface area is 107 Å². The highest BCUT2D eigenvalue weighted by Gasteiger charge is 2.09. The molecule has 0 aliphatic rings. The lowest BCUT2D eigenvalue weighted by Gasteiger charge is -2.10. The molecule has 0 atom stereocenters. The van der Waals surface area contributed by atoms with Gasteiger partial charge in [0.1, 0.15) is 5.82 Å². The van der Waals surface area contributed by atoms with E-state index in [2.05, 4.69) is 33.3 Å². The van der Waals surface area contributed by atoms with E-state index in [1.807, 2.05) is 18.2 Å². The van der Waals surface area contributed by atoms with Gasteiger partial charge in [0, 0.05) is 9.86 Å². The number of hydrogen-bond donors (Lipinski definition) is 2. The molecule has 0 radical (unpaired) electrons. The summed E-state index contributed by atoms with van der Waals surface area (Å²) in [6, 6.07) is 5.75. The van der Waals surface area contributed by atoms with Gasteiger partial charge in [0.05, 0.1) is 10.5 Å². The summed E-state index contributed by atoms with van der Waals surface area (Å²) in [5.74, 6) is 6.14. The molecule has 0 amide bonds. The number of aromatic nitrogens is 1. The van der Waals surface area contributed by atoms with Crippen LogP contribution < -0.4 is 11.3 Å². The Morgan fingerprint density at radius 1 is 1.50 bits per heavy atom. The van der Waals surface area contributed by atoms with Crippen molar-refractivity contribution in [2.45, 2.75) is 13.3 Å². The van der Waals surface area contributed by atoms with Gasteiger partial charge in [-0.15, -0.1) is 0 Å². The van der Waals surface area contributed by atoms with Gasteiger partial charge in [-0.3, -0.25) is 0 Å². The molecule has 2 aromatic rings. The summed E-state index contributed by atoms with van der Waals surface area (Å²) in [6.07, 6.45) is 0.852. The largest absolute Gasteiger partial charge is 0.308 e. The van der Waals surface area contributed by atoms with Gasteiger partial charge in [-0.05, 0) is 46.1 Å². The van der Waals surface area contributed by atoms with E-state index in [0.717, 1.165) is 27.4 Å². The number of pyridine rings is 1. The molecule has 0 bridgehead atoms. The van der Waals surface area contributed by atoms with Crippen molar-refractivity contribution in [3.05, 3.63) is 33.3 Å². The first-order valence-corrected chi connectivity index (χ1v) is 6.08. The predicted molar refractivity (Wildman–Crippen MR) is 71.6 cm³/mol. The number of aryl methyl sites for hydroxylation is 1. The van der Waals surface area contributed by atoms with Gasteiger partial charge in [0.25, 0.3) is 0 Å². The standard InChI is InChI=1S/C11H11BrClN3/c1-2-6-5-7-9(13)4-3-8(12)10(7)15-11(6)16-14/h3-5H,2,14H2,1H3,(H,15,16). The maximum absolute atomic E-state index is 6.14. The van der Waals surface area contributed by atoms with Crippen molar-refractivity contribution in [1.29, 1.82) is 0 Å². The quantitative estimate of drug-likeness (QED) is 0.659. The summed E-state index contributed by atoms with van der Waals surface area (Å²) in [7, 11) is 0. The minimum atomic E-state index is 0.693. The Kier molecular flexibility index (Phi) is 3.33. The van der Waals surface area contributed by atoms with E-state index >= 15 is 0 Å². The highest BCUT2D eigenvalue weighted by Crippen LogP contribution is 2.31. The Hall–Kier alpha value is -0.840. The topological polar surface area (TPSA) is 50.9 Å². The number of nitrogens with two attached hydrogens (primary N) is 1. The van der Waals surface area contributed by atoms with Gasteiger partial charge < -0.3 is 5.43 Å². The van der Waals surface area contributed by atoms with Crippen molar-refractivity contribution in [1.82, 2.24) is 4.98 Å². The van der Waals surface area contributed by atoms with Gasteiger partial charge in [-0.1, -0.05) is 18.5 Å². The average Bonchev–Trinajstić information content (AvgIpc) is 2.32. The Morgan fingerprint density at radius 3 is 2.88 bits per heavy atom. The summed E-state index contributed by atoms with van der Waals surface area (Å²) in [5.41, 5.74) is 4.48. The van der Waals surface area contributed by atoms with E-state index in [4.69, 9.17) is 17.4 Å². The summed E-state index contributed by atoms with van der Waals surface area (Å²) in [5, 5.41) is 1.64. The first-order valence-electron chi connectivity index (χ1n) is 4.91. The van der Waals surface area contributed by atoms with Crippen molar-refractivity contribution in [3.63, 3.8) is 0 Å². The van der Waals surface area contributed by atoms with Crippen molar-refractivity contribution in [2.24, 2.45) is 5.84 Å². The molecule has 2 rings (SSSR count). The highest BCUT2D eigenvalue weighted by molar-refractivity contribution is 9.10. The fourth-order valence-electron chi connectivity index (χ4n) is 1.63. The molecule has 0 aliphatic carbocycles. The summed E-state index contributed by atoms with van der Waals surface area (Å²) < 4.78 is 0.908. The molecule has 0 fully saturated rings. The zero-order valence-corrected chi connectivity index (χ0v) is 11.1. The van der Waals surface area contributed by atoms with E-state index in [1.54, 1.807) is 0 Å². The van der Waals surface area contributed by atoms with Crippen LogP contribution in [0.15, 0.2) is 22.7 Å². The average molecular weight is 301 g/mol. The van der Waals surface area contributed by atoms with E-state index < -0.39 is 0 Å². The molecule has 0 saturated carbocycles. The second-order valence-electron chi connectivity index (χ2n) is 3.42. The molecular formula is C11H11BrClN3. The third-order valence-electron chi connectivity index (χ3n) is 2.48. The maximum atomic E-state index is 6.14. The first-order chi connectivity index (χ1) is 7.67. The highest BCUT2D eigenvalue weighted by atomic mass is 79.9. The van der Waals surface area contributed by atoms with Crippen molar-refractivity contribution in [3.8, 4) is 0 Å². The normalized spacial score (nSPS) is 10.8. The van der Waals surface area contributed by atoms with E-state index in [-0.39, 0.29) is 0 Å². The molecule has 1 heterocycles. The smallest absolute Gasteiger partial charge is 0.143 e. The molecule has 1 aromatic carbocycles. The monoisotopic (exact) mass is 299 g/mol. The van der Waals surface area contributed by atoms with E-state index in [1.165, 1.54) is 0 Å². The molecule has 16 heavy (non-hydrogen) atoms. The number of fused-ring (bicyclic) bond motifs is 1. The van der Waals surface area contributed by atoms with E-state index in [0.29, 0.717) is 10.8 Å². The van der Waals surface area contributed by atoms with Crippen LogP contribution in [0.4, 0.5) is 5.82 Å². The van der Waals surface area contributed by atoms with Crippen LogP contribution in [0.1, 0.15) is 12.5 Å². The van der Waals surface area contributed by atoms with Gasteiger partial charge in [-0.25, -0.2) is 10.8 Å². The molecule has 0 saturated heterocycles. The summed E-state index contributed by atoms with van der Waals surface area (Å²) in [4.78, 5) is 4.46. The molecular weight excluding hydrogens is 289 g/mol. The number of anilines is 1. The zero-order chi connectivity index (χ0) is 11.7. The van der Waals surface area contributed by atoms with Crippen LogP contribution in [0.2, 0.25) is 5.02 Å². The molecule has 1 aromatic heterocycles. The molecule has 5 heteroatoms. The number of nitrogens with one attached hydrogen (secondary N) is 1. The molecule has 3 N–H and O–H groups in total. The SMILES string of the molecule is CCc1cc2c(Cl)ccc(Br)c2nc1NN. The lowest BCUT2D eigenvalue weighted by molar-refractivity contribution is 1.10. The van der Waals surface area contributed by atoms with Gasteiger partial charge in [0.15, 0.2) is 0 Å². The molecule has 0 unspecified atom stereocenters. The van der Waals surface area contributed by atoms with Crippen LogP contribution in [0, 0.1) is 0 Å². The van der Waals surface area contributed by atoms with Crippen LogP contribution in [-0.2, 0) is 6.42 Å². The second kappa shape index (κ2) is 4.57. The van der Waals surface area contributed by atoms with Crippen LogP contribution in [0.25, 0.3) is 10.9 Å². The summed E-state index contributed by atoms with van der Waals surface area (Å²) >= 11 is 9.59. The van der Waals surface area contributed by atoms with Crippen LogP contribution in [0.5, 0.6) is 0 Å². The van der Waals surface area contributed by atoms with Gasteiger partial charge >= 0.3 is 0 Å². The molecule has 3 nitrogen and oxygen atoms in total. The number of nitrogen functional groups attached to an aromatic ring is 1. The number of benzene rings is 1. The van der Waals surface area contributed by atoms with E-state index in [9.17, 15) is 0 Å². The fourth-order valence-corrected chi connectivity index (χ4v) is 2.27. The molecule has 0 aliphatic heterocycles. The van der Waals surface area contributed by atoms with Crippen LogP contribution in [0.3, 0.4) is 0 Å². The Morgan fingerprint density at radius 2 is 2.25 bits per heavy atom. The first kappa shape index (κ1) is 11.6. The van der Waals surface area contributed by atoms with Crippen molar-refractivity contribution in [2.75, 3.05) is 5.43 Å². The number of nitrogens with zero attached hydrogens (tertiary/aromatic N) is 1. The van der Waals surface area contributed by atoms with Crippen molar-refractivity contribution < 1.29 is 0 Å². The lowest BCUT2D eigenvalue weighted by Crippen LogP contribution is -2.11. The zero-order valence-electron chi connectivity index (χ0n) is 8.72. The fraction of sp³-hybridized carbons (Fsp3) is 0.182. The third kappa shape index (κ3) is 1.88. The Bertz CT molecular complexity index is 494. The van der Waals surface area contributed by atoms with Gasteiger partial charge in [-0.2, -0.15) is 0 Å².